The maximum atomic E-state index is 5.77. The lowest BCUT2D eigenvalue weighted by atomic mass is 10.1. The van der Waals surface area contributed by atoms with Gasteiger partial charge in [-0.15, -0.1) is 21.8 Å². The van der Waals surface area contributed by atoms with Crippen LogP contribution < -0.4 is 0 Å². The number of hydrogen-bond acceptors (Lipinski definition) is 2. The standard InChI is InChI=1S/C11H11BrClN3/c1-7-8(4-3-5-9(7)12)11-15-14-10(6-13)16(11)2/h3-5H,6H2,1-2H3. The van der Waals surface area contributed by atoms with Gasteiger partial charge < -0.3 is 4.57 Å². The Bertz CT molecular complexity index is 522. The van der Waals surface area contributed by atoms with E-state index in [0.29, 0.717) is 5.88 Å². The van der Waals surface area contributed by atoms with E-state index < -0.39 is 0 Å². The van der Waals surface area contributed by atoms with Crippen molar-refractivity contribution in [3.63, 3.8) is 0 Å². The van der Waals surface area contributed by atoms with Gasteiger partial charge in [0.15, 0.2) is 5.82 Å². The Balaban J connectivity index is 2.59. The summed E-state index contributed by atoms with van der Waals surface area (Å²) in [7, 11) is 1.92. The molecule has 3 nitrogen and oxygen atoms in total. The fraction of sp³-hybridized carbons (Fsp3) is 0.273. The van der Waals surface area contributed by atoms with Crippen molar-refractivity contribution >= 4 is 27.5 Å². The fourth-order valence-corrected chi connectivity index (χ4v) is 2.16. The lowest BCUT2D eigenvalue weighted by Gasteiger charge is -2.07. The van der Waals surface area contributed by atoms with Crippen LogP contribution in [0.15, 0.2) is 22.7 Å². The number of nitrogens with zero attached hydrogens (tertiary/aromatic N) is 3. The monoisotopic (exact) mass is 299 g/mol. The molecule has 0 unspecified atom stereocenters. The minimum atomic E-state index is 0.372. The van der Waals surface area contributed by atoms with Crippen molar-refractivity contribution in [2.24, 2.45) is 7.05 Å². The van der Waals surface area contributed by atoms with Crippen LogP contribution in [0.1, 0.15) is 11.4 Å². The van der Waals surface area contributed by atoms with E-state index in [4.69, 9.17) is 11.6 Å². The fourth-order valence-electron chi connectivity index (χ4n) is 1.56. The topological polar surface area (TPSA) is 30.7 Å². The quantitative estimate of drug-likeness (QED) is 0.797. The maximum absolute atomic E-state index is 5.77. The maximum Gasteiger partial charge on any atom is 0.164 e. The van der Waals surface area contributed by atoms with Gasteiger partial charge in [-0.05, 0) is 18.6 Å². The van der Waals surface area contributed by atoms with Gasteiger partial charge in [0.25, 0.3) is 0 Å². The highest BCUT2D eigenvalue weighted by molar-refractivity contribution is 9.10. The van der Waals surface area contributed by atoms with Crippen molar-refractivity contribution < 1.29 is 0 Å². The molecule has 84 valence electrons. The molecule has 1 heterocycles. The summed E-state index contributed by atoms with van der Waals surface area (Å²) in [5.74, 6) is 1.99. The van der Waals surface area contributed by atoms with Crippen molar-refractivity contribution in [3.05, 3.63) is 34.1 Å². The van der Waals surface area contributed by atoms with E-state index in [-0.39, 0.29) is 0 Å². The number of alkyl halides is 1. The smallest absolute Gasteiger partial charge is 0.164 e. The zero-order valence-electron chi connectivity index (χ0n) is 9.04. The van der Waals surface area contributed by atoms with Crippen LogP contribution in [-0.4, -0.2) is 14.8 Å². The Labute approximate surface area is 108 Å². The predicted octanol–water partition coefficient (Wildman–Crippen LogP) is 3.29. The van der Waals surface area contributed by atoms with E-state index in [1.165, 1.54) is 0 Å². The van der Waals surface area contributed by atoms with Gasteiger partial charge in [-0.2, -0.15) is 0 Å². The van der Waals surface area contributed by atoms with Gasteiger partial charge in [-0.25, -0.2) is 0 Å². The minimum absolute atomic E-state index is 0.372. The average molecular weight is 301 g/mol. The van der Waals surface area contributed by atoms with Crippen molar-refractivity contribution in [1.82, 2.24) is 14.8 Å². The van der Waals surface area contributed by atoms with Gasteiger partial charge in [0, 0.05) is 17.1 Å². The van der Waals surface area contributed by atoms with E-state index >= 15 is 0 Å². The van der Waals surface area contributed by atoms with Gasteiger partial charge in [-0.3, -0.25) is 0 Å². The Morgan fingerprint density at radius 1 is 1.38 bits per heavy atom. The highest BCUT2D eigenvalue weighted by Crippen LogP contribution is 2.27. The number of halogens is 2. The number of rotatable bonds is 2. The molecule has 0 fully saturated rings. The Morgan fingerprint density at radius 3 is 2.75 bits per heavy atom. The molecule has 0 saturated carbocycles. The molecule has 2 rings (SSSR count). The zero-order valence-corrected chi connectivity index (χ0v) is 11.4. The molecule has 0 amide bonds. The van der Waals surface area contributed by atoms with Crippen LogP contribution in [-0.2, 0) is 12.9 Å². The van der Waals surface area contributed by atoms with Crippen LogP contribution >= 0.6 is 27.5 Å². The summed E-state index contributed by atoms with van der Waals surface area (Å²) in [5, 5.41) is 8.21. The van der Waals surface area contributed by atoms with Crippen LogP contribution in [0.25, 0.3) is 11.4 Å². The largest absolute Gasteiger partial charge is 0.313 e. The van der Waals surface area contributed by atoms with E-state index in [1.54, 1.807) is 0 Å². The molecule has 1 aromatic carbocycles. The van der Waals surface area contributed by atoms with E-state index in [1.807, 2.05) is 29.8 Å². The van der Waals surface area contributed by atoms with Gasteiger partial charge in [0.05, 0.1) is 5.88 Å². The second-order valence-electron chi connectivity index (χ2n) is 3.54. The summed E-state index contributed by atoms with van der Waals surface area (Å²) in [5.41, 5.74) is 2.22. The zero-order chi connectivity index (χ0) is 11.7. The summed E-state index contributed by atoms with van der Waals surface area (Å²) >= 11 is 9.28. The molecule has 0 bridgehead atoms. The molecule has 0 spiro atoms. The van der Waals surface area contributed by atoms with Crippen molar-refractivity contribution in [3.8, 4) is 11.4 Å². The molecule has 16 heavy (non-hydrogen) atoms. The number of aromatic nitrogens is 3. The van der Waals surface area contributed by atoms with E-state index in [9.17, 15) is 0 Å². The first kappa shape index (κ1) is 11.6. The molecule has 0 radical (unpaired) electrons. The molecule has 0 atom stereocenters. The van der Waals surface area contributed by atoms with Crippen LogP contribution in [0.4, 0.5) is 0 Å². The summed E-state index contributed by atoms with van der Waals surface area (Å²) in [6.07, 6.45) is 0. The van der Waals surface area contributed by atoms with E-state index in [0.717, 1.165) is 27.2 Å². The van der Waals surface area contributed by atoms with Crippen LogP contribution in [0.3, 0.4) is 0 Å². The lowest BCUT2D eigenvalue weighted by Crippen LogP contribution is -1.98. The highest BCUT2D eigenvalue weighted by Gasteiger charge is 2.12. The van der Waals surface area contributed by atoms with Crippen molar-refractivity contribution in [2.45, 2.75) is 12.8 Å². The first-order valence-corrected chi connectivity index (χ1v) is 6.17. The number of hydrogen-bond donors (Lipinski definition) is 0. The summed E-state index contributed by atoms with van der Waals surface area (Å²) in [4.78, 5) is 0. The molecule has 1 aromatic heterocycles. The second-order valence-corrected chi connectivity index (χ2v) is 4.67. The molecular weight excluding hydrogens is 289 g/mol. The SMILES string of the molecule is Cc1c(Br)cccc1-c1nnc(CCl)n1C. The third-order valence-electron chi connectivity index (χ3n) is 2.59. The van der Waals surface area contributed by atoms with Crippen molar-refractivity contribution in [2.75, 3.05) is 0 Å². The molecule has 0 aliphatic heterocycles. The predicted molar refractivity (Wildman–Crippen MR) is 68.4 cm³/mol. The van der Waals surface area contributed by atoms with Crippen LogP contribution in [0.5, 0.6) is 0 Å². The van der Waals surface area contributed by atoms with Crippen molar-refractivity contribution in [1.29, 1.82) is 0 Å². The minimum Gasteiger partial charge on any atom is -0.313 e. The Kier molecular flexibility index (Phi) is 3.30. The summed E-state index contributed by atoms with van der Waals surface area (Å²) in [6.45, 7) is 2.05. The first-order chi connectivity index (χ1) is 7.65. The van der Waals surface area contributed by atoms with E-state index in [2.05, 4.69) is 33.1 Å². The second kappa shape index (κ2) is 4.55. The Hall–Kier alpha value is -0.870. The molecule has 5 heteroatoms. The third kappa shape index (κ3) is 1.87. The van der Waals surface area contributed by atoms with Gasteiger partial charge in [0.1, 0.15) is 5.82 Å². The molecule has 0 N–H and O–H groups in total. The van der Waals surface area contributed by atoms with Crippen LogP contribution in [0.2, 0.25) is 0 Å². The molecule has 2 aromatic rings. The summed E-state index contributed by atoms with van der Waals surface area (Å²) < 4.78 is 2.99. The molecule has 0 saturated heterocycles. The lowest BCUT2D eigenvalue weighted by molar-refractivity contribution is 0.853. The van der Waals surface area contributed by atoms with Gasteiger partial charge in [0.2, 0.25) is 0 Å². The number of benzene rings is 1. The highest BCUT2D eigenvalue weighted by atomic mass is 79.9. The Morgan fingerprint density at radius 2 is 2.12 bits per heavy atom. The van der Waals surface area contributed by atoms with Gasteiger partial charge >= 0.3 is 0 Å². The van der Waals surface area contributed by atoms with Gasteiger partial charge in [-0.1, -0.05) is 28.1 Å². The average Bonchev–Trinajstić information content (AvgIpc) is 2.64. The molecule has 0 aliphatic rings. The first-order valence-electron chi connectivity index (χ1n) is 4.85. The molecular formula is C11H11BrClN3. The summed E-state index contributed by atoms with van der Waals surface area (Å²) in [6, 6.07) is 6.03. The molecule has 0 aliphatic carbocycles. The normalized spacial score (nSPS) is 10.8. The van der Waals surface area contributed by atoms with Crippen LogP contribution in [0, 0.1) is 6.92 Å². The third-order valence-corrected chi connectivity index (χ3v) is 3.69.